The molecule has 0 unspecified atom stereocenters. The number of esters is 1. The Balaban J connectivity index is 1.89. The molecule has 3 rings (SSSR count). The van der Waals surface area contributed by atoms with E-state index >= 15 is 0 Å². The van der Waals surface area contributed by atoms with E-state index in [0.717, 1.165) is 11.3 Å². The third-order valence-electron chi connectivity index (χ3n) is 4.14. The minimum absolute atomic E-state index is 0.0922. The van der Waals surface area contributed by atoms with Gasteiger partial charge < -0.3 is 4.74 Å². The molecule has 17 heavy (non-hydrogen) atoms. The van der Waals surface area contributed by atoms with Gasteiger partial charge in [-0.3, -0.25) is 4.79 Å². The molecule has 0 amide bonds. The van der Waals surface area contributed by atoms with E-state index in [4.69, 9.17) is 4.74 Å². The molecule has 2 aliphatic rings. The molecule has 2 heteroatoms. The van der Waals surface area contributed by atoms with E-state index in [1.165, 1.54) is 37.7 Å². The molecule has 1 aromatic carbocycles. The van der Waals surface area contributed by atoms with Gasteiger partial charge in [0.1, 0.15) is 5.75 Å². The second kappa shape index (κ2) is 4.17. The molecule has 0 bridgehead atoms. The summed E-state index contributed by atoms with van der Waals surface area (Å²) >= 11 is 0. The van der Waals surface area contributed by atoms with Crippen molar-refractivity contribution in [2.45, 2.75) is 50.9 Å². The highest BCUT2D eigenvalue weighted by Crippen LogP contribution is 2.39. The maximum absolute atomic E-state index is 11.5. The van der Waals surface area contributed by atoms with E-state index in [1.54, 1.807) is 0 Å². The van der Waals surface area contributed by atoms with Crippen LogP contribution in [0, 0.1) is 0 Å². The lowest BCUT2D eigenvalue weighted by Gasteiger charge is -2.22. The van der Waals surface area contributed by atoms with Crippen LogP contribution in [-0.2, 0) is 4.79 Å². The molecular formula is C15H18O2. The summed E-state index contributed by atoms with van der Waals surface area (Å²) in [4.78, 5) is 11.5. The zero-order valence-electron chi connectivity index (χ0n) is 10.2. The number of fused-ring (bicyclic) bond motifs is 1. The largest absolute Gasteiger partial charge is 0.426 e. The quantitative estimate of drug-likeness (QED) is 0.542. The first-order valence-corrected chi connectivity index (χ1v) is 6.61. The molecule has 0 aromatic heterocycles. The molecule has 1 aliphatic carbocycles. The van der Waals surface area contributed by atoms with Crippen LogP contribution in [0.25, 0.3) is 0 Å². The van der Waals surface area contributed by atoms with Crippen molar-refractivity contribution < 1.29 is 9.53 Å². The summed E-state index contributed by atoms with van der Waals surface area (Å²) in [6, 6.07) is 6.36. The molecule has 1 aromatic rings. The molecular weight excluding hydrogens is 212 g/mol. The maximum atomic E-state index is 11.5. The highest BCUT2D eigenvalue weighted by Gasteiger charge is 2.30. The molecule has 2 nitrogen and oxygen atoms in total. The average Bonchev–Trinajstić information content (AvgIpc) is 2.66. The Morgan fingerprint density at radius 3 is 2.71 bits per heavy atom. The Kier molecular flexibility index (Phi) is 2.65. The minimum atomic E-state index is -0.110. The standard InChI is InChI=1S/C15H18O2/c1-10-13-8-7-12(9-14(13)17-15(10)16)11-5-3-2-4-6-11/h7-11H,2-6H2,1H3/t10-/m1/s1. The molecule has 0 saturated heterocycles. The third kappa shape index (κ3) is 1.86. The fourth-order valence-corrected chi connectivity index (χ4v) is 3.01. The van der Waals surface area contributed by atoms with Crippen LogP contribution < -0.4 is 4.74 Å². The number of carbonyl (C=O) groups is 1. The van der Waals surface area contributed by atoms with Gasteiger partial charge in [-0.2, -0.15) is 0 Å². The van der Waals surface area contributed by atoms with Crippen LogP contribution in [0.3, 0.4) is 0 Å². The molecule has 1 fully saturated rings. The van der Waals surface area contributed by atoms with Gasteiger partial charge in [0.05, 0.1) is 5.92 Å². The second-order valence-electron chi connectivity index (χ2n) is 5.27. The van der Waals surface area contributed by atoms with Gasteiger partial charge in [-0.15, -0.1) is 0 Å². The van der Waals surface area contributed by atoms with Crippen molar-refractivity contribution in [3.8, 4) is 5.75 Å². The number of rotatable bonds is 1. The molecule has 1 atom stereocenters. The van der Waals surface area contributed by atoms with E-state index in [-0.39, 0.29) is 11.9 Å². The predicted octanol–water partition coefficient (Wildman–Crippen LogP) is 3.76. The normalized spacial score (nSPS) is 24.5. The summed E-state index contributed by atoms with van der Waals surface area (Å²) in [7, 11) is 0. The van der Waals surface area contributed by atoms with Crippen LogP contribution in [0.5, 0.6) is 5.75 Å². The van der Waals surface area contributed by atoms with Crippen LogP contribution in [0.4, 0.5) is 0 Å². The van der Waals surface area contributed by atoms with E-state index < -0.39 is 0 Å². The number of hydrogen-bond acceptors (Lipinski definition) is 2. The predicted molar refractivity (Wildman–Crippen MR) is 66.3 cm³/mol. The molecule has 0 N–H and O–H groups in total. The maximum Gasteiger partial charge on any atom is 0.318 e. The lowest BCUT2D eigenvalue weighted by Crippen LogP contribution is -2.05. The van der Waals surface area contributed by atoms with Gasteiger partial charge in [-0.1, -0.05) is 31.4 Å². The molecule has 1 saturated carbocycles. The molecule has 1 heterocycles. The van der Waals surface area contributed by atoms with E-state index in [1.807, 2.05) is 6.92 Å². The van der Waals surface area contributed by atoms with Crippen molar-refractivity contribution in [2.24, 2.45) is 0 Å². The Morgan fingerprint density at radius 2 is 1.94 bits per heavy atom. The van der Waals surface area contributed by atoms with E-state index in [9.17, 15) is 4.79 Å². The van der Waals surface area contributed by atoms with E-state index in [2.05, 4.69) is 18.2 Å². The zero-order valence-corrected chi connectivity index (χ0v) is 10.2. The van der Waals surface area contributed by atoms with E-state index in [0.29, 0.717) is 5.92 Å². The summed E-state index contributed by atoms with van der Waals surface area (Å²) in [5, 5.41) is 0. The smallest absolute Gasteiger partial charge is 0.318 e. The van der Waals surface area contributed by atoms with Gasteiger partial charge in [0.15, 0.2) is 0 Å². The fourth-order valence-electron chi connectivity index (χ4n) is 3.01. The van der Waals surface area contributed by atoms with Crippen molar-refractivity contribution in [3.63, 3.8) is 0 Å². The van der Waals surface area contributed by atoms with Crippen LogP contribution in [0.2, 0.25) is 0 Å². The summed E-state index contributed by atoms with van der Waals surface area (Å²) in [5.74, 6) is 1.26. The monoisotopic (exact) mass is 230 g/mol. The minimum Gasteiger partial charge on any atom is -0.426 e. The first-order chi connectivity index (χ1) is 8.25. The molecule has 0 radical (unpaired) electrons. The zero-order chi connectivity index (χ0) is 11.8. The first kappa shape index (κ1) is 10.8. The molecule has 90 valence electrons. The van der Waals surface area contributed by atoms with Gasteiger partial charge in [0.25, 0.3) is 0 Å². The van der Waals surface area contributed by atoms with Crippen molar-refractivity contribution in [1.82, 2.24) is 0 Å². The van der Waals surface area contributed by atoms with Crippen molar-refractivity contribution in [1.29, 1.82) is 0 Å². The first-order valence-electron chi connectivity index (χ1n) is 6.61. The number of ether oxygens (including phenoxy) is 1. The Bertz CT molecular complexity index is 444. The average molecular weight is 230 g/mol. The SMILES string of the molecule is C[C@H]1C(=O)Oc2cc(C3CCCCC3)ccc21. The van der Waals surface area contributed by atoms with Gasteiger partial charge in [0, 0.05) is 5.56 Å². The van der Waals surface area contributed by atoms with Crippen LogP contribution in [-0.4, -0.2) is 5.97 Å². The molecule has 0 spiro atoms. The van der Waals surface area contributed by atoms with Crippen molar-refractivity contribution in [2.75, 3.05) is 0 Å². The molecule has 1 aliphatic heterocycles. The van der Waals surface area contributed by atoms with Crippen LogP contribution in [0.15, 0.2) is 18.2 Å². The lowest BCUT2D eigenvalue weighted by atomic mass is 9.83. The van der Waals surface area contributed by atoms with Gasteiger partial charge in [0.2, 0.25) is 0 Å². The summed E-state index contributed by atoms with van der Waals surface area (Å²) in [5.41, 5.74) is 2.40. The second-order valence-corrected chi connectivity index (χ2v) is 5.27. The van der Waals surface area contributed by atoms with Crippen LogP contribution >= 0.6 is 0 Å². The number of carbonyl (C=O) groups excluding carboxylic acids is 1. The van der Waals surface area contributed by atoms with Crippen molar-refractivity contribution >= 4 is 5.97 Å². The summed E-state index contributed by atoms with van der Waals surface area (Å²) in [6.07, 6.45) is 6.59. The Morgan fingerprint density at radius 1 is 1.18 bits per heavy atom. The summed E-state index contributed by atoms with van der Waals surface area (Å²) < 4.78 is 5.31. The number of benzene rings is 1. The van der Waals surface area contributed by atoms with Gasteiger partial charge >= 0.3 is 5.97 Å². The Hall–Kier alpha value is -1.31. The fraction of sp³-hybridized carbons (Fsp3) is 0.533. The Labute approximate surface area is 102 Å². The van der Waals surface area contributed by atoms with Crippen LogP contribution in [0.1, 0.15) is 62.0 Å². The highest BCUT2D eigenvalue weighted by molar-refractivity contribution is 5.85. The number of hydrogen-bond donors (Lipinski definition) is 0. The van der Waals surface area contributed by atoms with Crippen molar-refractivity contribution in [3.05, 3.63) is 29.3 Å². The van der Waals surface area contributed by atoms with Gasteiger partial charge in [-0.25, -0.2) is 0 Å². The lowest BCUT2D eigenvalue weighted by molar-refractivity contribution is -0.133. The topological polar surface area (TPSA) is 26.3 Å². The third-order valence-corrected chi connectivity index (χ3v) is 4.14. The van der Waals surface area contributed by atoms with Gasteiger partial charge in [-0.05, 0) is 37.3 Å². The highest BCUT2D eigenvalue weighted by atomic mass is 16.5. The summed E-state index contributed by atoms with van der Waals surface area (Å²) in [6.45, 7) is 1.91.